The second kappa shape index (κ2) is 11.0. The Balaban J connectivity index is 2.97. The summed E-state index contributed by atoms with van der Waals surface area (Å²) in [5.74, 6) is 0.0258. The van der Waals surface area contributed by atoms with Gasteiger partial charge in [0.25, 0.3) is 0 Å². The van der Waals surface area contributed by atoms with Crippen molar-refractivity contribution in [3.05, 3.63) is 34.4 Å². The van der Waals surface area contributed by atoms with Crippen molar-refractivity contribution in [2.24, 2.45) is 11.8 Å². The molecule has 1 aromatic rings. The largest absolute Gasteiger partial charge is 0.463 e. The Bertz CT molecular complexity index is 782. The lowest BCUT2D eigenvalue weighted by Gasteiger charge is -2.24. The van der Waals surface area contributed by atoms with Gasteiger partial charge in [0, 0.05) is 6.42 Å². The average Bonchev–Trinajstić information content (AvgIpc) is 2.65. The lowest BCUT2D eigenvalue weighted by Crippen LogP contribution is -2.15. The Morgan fingerprint density at radius 1 is 1.04 bits per heavy atom. The summed E-state index contributed by atoms with van der Waals surface area (Å²) in [6, 6.07) is 9.27. The standard InChI is InChI=1S/C21H25N3O3/c1-14(2)19(5-4-15(3)8-21(26)27-7-6-25)20-10-17(12-23)16(11-22)9-18(20)13-24/h9-10,14-15,19,25H,4-8H2,1-3H3/t15-,19-/m1/s1. The molecule has 1 N–H and O–H groups in total. The number of hydrogen-bond donors (Lipinski definition) is 1. The number of nitrogens with zero attached hydrogens (tertiary/aromatic N) is 3. The minimum atomic E-state index is -0.333. The summed E-state index contributed by atoms with van der Waals surface area (Å²) in [5.41, 5.74) is 1.68. The number of esters is 1. The number of carbonyl (C=O) groups excluding carboxylic acids is 1. The van der Waals surface area contributed by atoms with Gasteiger partial charge >= 0.3 is 5.97 Å². The van der Waals surface area contributed by atoms with Crippen molar-refractivity contribution >= 4 is 5.97 Å². The summed E-state index contributed by atoms with van der Waals surface area (Å²) in [7, 11) is 0. The SMILES string of the molecule is CC(C)[C@@H](CC[C@@H](C)CC(=O)OCCO)c1cc(C#N)c(C#N)cc1C#N. The zero-order chi connectivity index (χ0) is 20.4. The van der Waals surface area contributed by atoms with E-state index in [2.05, 4.69) is 19.9 Å². The maximum atomic E-state index is 11.7. The van der Waals surface area contributed by atoms with E-state index in [4.69, 9.17) is 15.1 Å². The molecule has 0 aliphatic carbocycles. The molecule has 0 heterocycles. The molecule has 27 heavy (non-hydrogen) atoms. The number of rotatable bonds is 9. The lowest BCUT2D eigenvalue weighted by atomic mass is 9.79. The maximum absolute atomic E-state index is 11.7. The number of aliphatic hydroxyl groups excluding tert-OH is 1. The van der Waals surface area contributed by atoms with E-state index in [1.807, 2.05) is 19.1 Å². The summed E-state index contributed by atoms with van der Waals surface area (Å²) in [4.78, 5) is 11.7. The zero-order valence-corrected chi connectivity index (χ0v) is 16.0. The van der Waals surface area contributed by atoms with Gasteiger partial charge in [-0.15, -0.1) is 0 Å². The van der Waals surface area contributed by atoms with Gasteiger partial charge in [0.1, 0.15) is 18.7 Å². The molecule has 2 atom stereocenters. The van der Waals surface area contributed by atoms with E-state index in [9.17, 15) is 15.3 Å². The normalized spacial score (nSPS) is 12.5. The molecule has 0 radical (unpaired) electrons. The predicted octanol–water partition coefficient (Wildman–Crippen LogP) is 3.38. The van der Waals surface area contributed by atoms with Gasteiger partial charge in [-0.25, -0.2) is 0 Å². The minimum Gasteiger partial charge on any atom is -0.463 e. The number of aliphatic hydroxyl groups is 1. The molecule has 0 aliphatic rings. The van der Waals surface area contributed by atoms with E-state index >= 15 is 0 Å². The monoisotopic (exact) mass is 367 g/mol. The molecule has 0 spiro atoms. The lowest BCUT2D eigenvalue weighted by molar-refractivity contribution is -0.145. The van der Waals surface area contributed by atoms with Gasteiger partial charge in [-0.2, -0.15) is 15.8 Å². The number of carbonyl (C=O) groups is 1. The quantitative estimate of drug-likeness (QED) is 0.668. The van der Waals surface area contributed by atoms with Crippen molar-refractivity contribution in [3.8, 4) is 18.2 Å². The van der Waals surface area contributed by atoms with E-state index in [0.717, 1.165) is 18.4 Å². The highest BCUT2D eigenvalue weighted by molar-refractivity contribution is 5.69. The van der Waals surface area contributed by atoms with Crippen molar-refractivity contribution in [2.75, 3.05) is 13.2 Å². The van der Waals surface area contributed by atoms with E-state index in [1.165, 1.54) is 6.07 Å². The Morgan fingerprint density at radius 3 is 2.15 bits per heavy atom. The molecule has 0 bridgehead atoms. The van der Waals surface area contributed by atoms with Gasteiger partial charge in [-0.05, 0) is 48.3 Å². The van der Waals surface area contributed by atoms with Crippen LogP contribution in [0.2, 0.25) is 0 Å². The van der Waals surface area contributed by atoms with E-state index in [1.54, 1.807) is 6.07 Å². The van der Waals surface area contributed by atoms with Crippen molar-refractivity contribution in [1.82, 2.24) is 0 Å². The third-order valence-electron chi connectivity index (χ3n) is 4.60. The van der Waals surface area contributed by atoms with Crippen LogP contribution in [0.4, 0.5) is 0 Å². The summed E-state index contributed by atoms with van der Waals surface area (Å²) < 4.78 is 4.89. The highest BCUT2D eigenvalue weighted by Gasteiger charge is 2.23. The van der Waals surface area contributed by atoms with Gasteiger partial charge in [0.05, 0.1) is 29.4 Å². The van der Waals surface area contributed by atoms with Crippen LogP contribution in [-0.4, -0.2) is 24.3 Å². The third-order valence-corrected chi connectivity index (χ3v) is 4.60. The highest BCUT2D eigenvalue weighted by Crippen LogP contribution is 2.34. The van der Waals surface area contributed by atoms with Crippen LogP contribution in [0.25, 0.3) is 0 Å². The van der Waals surface area contributed by atoms with Crippen molar-refractivity contribution in [2.45, 2.75) is 46.0 Å². The first-order valence-electron chi connectivity index (χ1n) is 9.02. The fourth-order valence-corrected chi connectivity index (χ4v) is 3.12. The van der Waals surface area contributed by atoms with Crippen LogP contribution in [0, 0.1) is 45.8 Å². The van der Waals surface area contributed by atoms with Gasteiger partial charge < -0.3 is 9.84 Å². The van der Waals surface area contributed by atoms with E-state index < -0.39 is 0 Å². The average molecular weight is 367 g/mol. The molecule has 0 saturated heterocycles. The number of ether oxygens (including phenoxy) is 1. The molecule has 0 fully saturated rings. The third kappa shape index (κ3) is 6.41. The molecular formula is C21H25N3O3. The summed E-state index contributed by atoms with van der Waals surface area (Å²) in [6.45, 7) is 5.88. The van der Waals surface area contributed by atoms with Crippen LogP contribution in [-0.2, 0) is 9.53 Å². The van der Waals surface area contributed by atoms with Gasteiger partial charge in [0.15, 0.2) is 0 Å². The van der Waals surface area contributed by atoms with Crippen molar-refractivity contribution < 1.29 is 14.6 Å². The zero-order valence-electron chi connectivity index (χ0n) is 16.0. The Kier molecular flexibility index (Phi) is 9.00. The Morgan fingerprint density at radius 2 is 1.63 bits per heavy atom. The minimum absolute atomic E-state index is 0.00782. The fraction of sp³-hybridized carbons (Fsp3) is 0.524. The number of hydrogen-bond acceptors (Lipinski definition) is 6. The first kappa shape index (κ1) is 22.2. The predicted molar refractivity (Wildman–Crippen MR) is 99.2 cm³/mol. The first-order chi connectivity index (χ1) is 12.9. The molecule has 0 unspecified atom stereocenters. The van der Waals surface area contributed by atoms with Crippen LogP contribution in [0.5, 0.6) is 0 Å². The second-order valence-electron chi connectivity index (χ2n) is 7.00. The second-order valence-corrected chi connectivity index (χ2v) is 7.00. The molecule has 0 aliphatic heterocycles. The van der Waals surface area contributed by atoms with Gasteiger partial charge in [0.2, 0.25) is 0 Å². The van der Waals surface area contributed by atoms with Crippen LogP contribution in [0.1, 0.15) is 68.2 Å². The summed E-state index contributed by atoms with van der Waals surface area (Å²) in [6.07, 6.45) is 1.77. The van der Waals surface area contributed by atoms with Gasteiger partial charge in [-0.1, -0.05) is 20.8 Å². The van der Waals surface area contributed by atoms with Crippen LogP contribution in [0.15, 0.2) is 12.1 Å². The van der Waals surface area contributed by atoms with Crippen LogP contribution < -0.4 is 0 Å². The fourth-order valence-electron chi connectivity index (χ4n) is 3.12. The molecule has 0 amide bonds. The summed E-state index contributed by atoms with van der Waals surface area (Å²) in [5, 5.41) is 36.6. The van der Waals surface area contributed by atoms with E-state index in [-0.39, 0.29) is 54.5 Å². The van der Waals surface area contributed by atoms with Crippen LogP contribution in [0.3, 0.4) is 0 Å². The number of benzene rings is 1. The molecule has 0 saturated carbocycles. The molecular weight excluding hydrogens is 342 g/mol. The molecule has 142 valence electrons. The van der Waals surface area contributed by atoms with Gasteiger partial charge in [-0.3, -0.25) is 4.79 Å². The Hall–Kier alpha value is -2.88. The maximum Gasteiger partial charge on any atom is 0.306 e. The van der Waals surface area contributed by atoms with Crippen molar-refractivity contribution in [3.63, 3.8) is 0 Å². The topological polar surface area (TPSA) is 118 Å². The van der Waals surface area contributed by atoms with Crippen LogP contribution >= 0.6 is 0 Å². The summed E-state index contributed by atoms with van der Waals surface area (Å²) >= 11 is 0. The Labute approximate surface area is 160 Å². The first-order valence-corrected chi connectivity index (χ1v) is 9.02. The van der Waals surface area contributed by atoms with E-state index in [0.29, 0.717) is 5.56 Å². The molecule has 0 aromatic heterocycles. The molecule has 1 rings (SSSR count). The smallest absolute Gasteiger partial charge is 0.306 e. The molecule has 6 nitrogen and oxygen atoms in total. The number of nitriles is 3. The van der Waals surface area contributed by atoms with Crippen molar-refractivity contribution in [1.29, 1.82) is 15.8 Å². The molecule has 6 heteroatoms. The molecule has 1 aromatic carbocycles. The highest BCUT2D eigenvalue weighted by atomic mass is 16.5.